The lowest BCUT2D eigenvalue weighted by molar-refractivity contribution is -0.162. The largest absolute Gasteiger partial charge is 0.455 e. The Morgan fingerprint density at radius 1 is 0.980 bits per heavy atom. The van der Waals surface area contributed by atoms with Gasteiger partial charge in [0.25, 0.3) is 0 Å². The van der Waals surface area contributed by atoms with Crippen LogP contribution in [0.25, 0.3) is 0 Å². The molecule has 0 radical (unpaired) electrons. The second kappa shape index (κ2) is 15.0. The van der Waals surface area contributed by atoms with Crippen molar-refractivity contribution in [1.82, 2.24) is 15.1 Å². The number of rotatable bonds is 8. The number of nitrogens with zero attached hydrogens (tertiary/aromatic N) is 2. The van der Waals surface area contributed by atoms with Crippen LogP contribution in [0.3, 0.4) is 0 Å². The molecule has 5 bridgehead atoms. The van der Waals surface area contributed by atoms with E-state index in [4.69, 9.17) is 9.47 Å². The van der Waals surface area contributed by atoms with Crippen molar-refractivity contribution in [1.29, 1.82) is 0 Å². The summed E-state index contributed by atoms with van der Waals surface area (Å²) >= 11 is 3.62. The molecule has 260 valence electrons. The van der Waals surface area contributed by atoms with Gasteiger partial charge in [-0.25, -0.2) is 0 Å². The molecule has 2 N–H and O–H groups in total. The van der Waals surface area contributed by atoms with Gasteiger partial charge in [-0.15, -0.1) is 0 Å². The number of likely N-dealkylation sites (tertiary alicyclic amines) is 1. The highest BCUT2D eigenvalue weighted by atomic mass is 79.9. The van der Waals surface area contributed by atoms with Gasteiger partial charge < -0.3 is 29.7 Å². The number of allylic oxidation sites excluding steroid dienone is 1. The van der Waals surface area contributed by atoms with Crippen molar-refractivity contribution in [3.8, 4) is 0 Å². The van der Waals surface area contributed by atoms with Crippen LogP contribution in [0.5, 0.6) is 0 Å². The molecule has 4 heterocycles. The predicted molar refractivity (Wildman–Crippen MR) is 186 cm³/mol. The van der Waals surface area contributed by atoms with Crippen LogP contribution in [0.2, 0.25) is 0 Å². The van der Waals surface area contributed by atoms with Crippen LogP contribution < -0.4 is 5.32 Å². The number of carbonyl (C=O) groups excluding carboxylic acids is 4. The zero-order valence-corrected chi connectivity index (χ0v) is 29.5. The summed E-state index contributed by atoms with van der Waals surface area (Å²) in [5, 5.41) is 13.8. The Hall–Kier alpha value is -3.80. The maximum atomic E-state index is 15.0. The van der Waals surface area contributed by atoms with Crippen molar-refractivity contribution >= 4 is 39.6 Å². The first-order valence-corrected chi connectivity index (χ1v) is 18.0. The van der Waals surface area contributed by atoms with Gasteiger partial charge in [-0.2, -0.15) is 0 Å². The number of carbonyl (C=O) groups is 4. The van der Waals surface area contributed by atoms with E-state index in [9.17, 15) is 24.3 Å². The van der Waals surface area contributed by atoms with Crippen molar-refractivity contribution in [3.63, 3.8) is 0 Å². The highest BCUT2D eigenvalue weighted by Crippen LogP contribution is 2.60. The van der Waals surface area contributed by atoms with E-state index in [2.05, 4.69) is 28.2 Å². The van der Waals surface area contributed by atoms with Gasteiger partial charge in [0.2, 0.25) is 17.7 Å². The van der Waals surface area contributed by atoms with Crippen LogP contribution in [0.15, 0.2) is 83.4 Å². The summed E-state index contributed by atoms with van der Waals surface area (Å²) in [4.78, 5) is 60.4. The molecule has 49 heavy (non-hydrogen) atoms. The lowest BCUT2D eigenvalue weighted by Crippen LogP contribution is -2.57. The molecule has 3 amide bonds. The van der Waals surface area contributed by atoms with Crippen LogP contribution in [0, 0.1) is 11.8 Å². The molecule has 10 nitrogen and oxygen atoms in total. The fourth-order valence-corrected chi connectivity index (χ4v) is 8.56. The smallest absolute Gasteiger partial charge is 0.313 e. The molecule has 0 aromatic heterocycles. The lowest BCUT2D eigenvalue weighted by Gasteiger charge is -2.39. The minimum absolute atomic E-state index is 0.192. The first-order chi connectivity index (χ1) is 23.7. The van der Waals surface area contributed by atoms with E-state index in [0.717, 1.165) is 19.3 Å². The molecule has 2 fully saturated rings. The topological polar surface area (TPSA) is 125 Å². The van der Waals surface area contributed by atoms with E-state index in [0.29, 0.717) is 28.6 Å². The van der Waals surface area contributed by atoms with Gasteiger partial charge in [-0.05, 0) is 37.0 Å². The number of hydrogen-bond donors (Lipinski definition) is 2. The average molecular weight is 735 g/mol. The van der Waals surface area contributed by atoms with Crippen molar-refractivity contribution in [2.45, 2.75) is 81.9 Å². The third-order valence-electron chi connectivity index (χ3n) is 10.2. The van der Waals surface area contributed by atoms with Crippen molar-refractivity contribution in [2.24, 2.45) is 11.8 Å². The summed E-state index contributed by atoms with van der Waals surface area (Å²) in [6.07, 6.45) is 7.16. The summed E-state index contributed by atoms with van der Waals surface area (Å²) < 4.78 is 13.5. The number of benzene rings is 2. The molecular formula is C38H44BrN3O7. The normalized spacial score (nSPS) is 31.6. The Labute approximate surface area is 295 Å². The van der Waals surface area contributed by atoms with Crippen LogP contribution in [0.1, 0.15) is 69.2 Å². The minimum atomic E-state index is -1.48. The van der Waals surface area contributed by atoms with E-state index in [-0.39, 0.29) is 24.8 Å². The molecular weight excluding hydrogens is 690 g/mol. The third-order valence-corrected chi connectivity index (χ3v) is 10.8. The van der Waals surface area contributed by atoms with E-state index < -0.39 is 66.3 Å². The van der Waals surface area contributed by atoms with Gasteiger partial charge in [0.05, 0.1) is 24.6 Å². The Morgan fingerprint density at radius 3 is 2.39 bits per heavy atom. The predicted octanol–water partition coefficient (Wildman–Crippen LogP) is 4.75. The number of amides is 3. The van der Waals surface area contributed by atoms with Crippen molar-refractivity contribution in [3.05, 3.63) is 94.5 Å². The number of esters is 1. The quantitative estimate of drug-likeness (QED) is 0.228. The van der Waals surface area contributed by atoms with Gasteiger partial charge in [0, 0.05) is 24.0 Å². The SMILES string of the molecule is CCCCCN1C/C=C\CCC(=O)N[C@@H](C)[C@H](c2ccccc2)OC(=O)[C@H]2[C@@H]3O[C@@]4(C=C3Br)[C@@H]2C(=O)N([C@H](CO)c2ccccc2)[C@@H]4C1=O. The number of aliphatic hydroxyl groups is 1. The number of hydrogen-bond acceptors (Lipinski definition) is 7. The first kappa shape index (κ1) is 35.0. The number of fused-ring (bicyclic) bond motifs is 2. The highest BCUT2D eigenvalue weighted by Gasteiger charge is 2.75. The van der Waals surface area contributed by atoms with Gasteiger partial charge in [0.1, 0.15) is 29.8 Å². The van der Waals surface area contributed by atoms with Gasteiger partial charge >= 0.3 is 5.97 Å². The van der Waals surface area contributed by atoms with E-state index in [1.807, 2.05) is 72.8 Å². The second-order valence-electron chi connectivity index (χ2n) is 13.3. The third kappa shape index (κ3) is 6.60. The van der Waals surface area contributed by atoms with Gasteiger partial charge in [-0.1, -0.05) is 109 Å². The van der Waals surface area contributed by atoms with E-state index in [1.165, 1.54) is 4.90 Å². The fourth-order valence-electron chi connectivity index (χ4n) is 7.83. The van der Waals surface area contributed by atoms with E-state index >= 15 is 0 Å². The Kier molecular flexibility index (Phi) is 10.7. The van der Waals surface area contributed by atoms with Crippen LogP contribution >= 0.6 is 15.9 Å². The number of unbranched alkanes of at least 4 members (excludes halogenated alkanes) is 2. The molecule has 1 spiro atoms. The number of nitrogens with one attached hydrogen (secondary N) is 1. The number of aliphatic hydroxyl groups excluding tert-OH is 1. The Morgan fingerprint density at radius 2 is 1.69 bits per heavy atom. The zero-order chi connectivity index (χ0) is 34.7. The fraction of sp³-hybridized carbons (Fsp3) is 0.474. The molecule has 11 heteroatoms. The molecule has 2 aromatic carbocycles. The number of ether oxygens (including phenoxy) is 2. The van der Waals surface area contributed by atoms with E-state index in [1.54, 1.807) is 17.9 Å². The molecule has 4 aliphatic rings. The second-order valence-corrected chi connectivity index (χ2v) is 14.2. The summed E-state index contributed by atoms with van der Waals surface area (Å²) in [5.74, 6) is -3.80. The van der Waals surface area contributed by atoms with Crippen LogP contribution in [0.4, 0.5) is 0 Å². The van der Waals surface area contributed by atoms with Crippen LogP contribution in [-0.2, 0) is 28.7 Å². The zero-order valence-electron chi connectivity index (χ0n) is 27.9. The standard InChI is InChI=1S/C38H44BrN3O7/c1-3-4-13-20-41-21-14-7-12-19-29(44)40-24(2)32(26-17-10-6-11-18-26)48-37(47)30-31-35(45)42(28(23-43)25-15-8-5-9-16-25)34(36(41)46)38(31)22-27(39)33(30)49-38/h5-11,14-18,22,24,28,30-34,43H,3-4,12-13,19-21,23H2,1-2H3,(H,40,44)/b14-7-/t24-,28+,30+,31-,32+,33+,34+,38-/m0/s1. The molecule has 6 rings (SSSR count). The van der Waals surface area contributed by atoms with Crippen molar-refractivity contribution in [2.75, 3.05) is 19.7 Å². The summed E-state index contributed by atoms with van der Waals surface area (Å²) in [6, 6.07) is 15.7. The molecule has 0 aliphatic carbocycles. The van der Waals surface area contributed by atoms with Crippen molar-refractivity contribution < 1.29 is 33.8 Å². The van der Waals surface area contributed by atoms with Gasteiger partial charge in [-0.3, -0.25) is 19.2 Å². The molecule has 4 aliphatic heterocycles. The number of halogens is 1. The molecule has 0 saturated carbocycles. The van der Waals surface area contributed by atoms with Gasteiger partial charge in [0.15, 0.2) is 0 Å². The average Bonchev–Trinajstić information content (AvgIpc) is 3.70. The molecule has 2 aromatic rings. The molecule has 8 atom stereocenters. The molecule has 0 unspecified atom stereocenters. The number of cyclic esters (lactones) is 1. The summed E-state index contributed by atoms with van der Waals surface area (Å²) in [7, 11) is 0. The maximum absolute atomic E-state index is 15.0. The molecule has 2 saturated heterocycles. The summed E-state index contributed by atoms with van der Waals surface area (Å²) in [6.45, 7) is 4.16. The minimum Gasteiger partial charge on any atom is -0.455 e. The monoisotopic (exact) mass is 733 g/mol. The lowest BCUT2D eigenvalue weighted by atomic mass is 9.74. The maximum Gasteiger partial charge on any atom is 0.313 e. The summed E-state index contributed by atoms with van der Waals surface area (Å²) in [5.41, 5.74) is -0.126. The Bertz CT molecular complexity index is 1600. The first-order valence-electron chi connectivity index (χ1n) is 17.2. The Balaban J connectivity index is 1.48. The van der Waals surface area contributed by atoms with Crippen LogP contribution in [-0.4, -0.2) is 82.1 Å². The highest BCUT2D eigenvalue weighted by molar-refractivity contribution is 9.11.